The number of amides is 1. The second-order valence-corrected chi connectivity index (χ2v) is 7.50. The molecule has 1 fully saturated rings. The van der Waals surface area contributed by atoms with E-state index in [0.717, 1.165) is 43.3 Å². The zero-order valence-electron chi connectivity index (χ0n) is 14.2. The van der Waals surface area contributed by atoms with Crippen LogP contribution in [-0.4, -0.2) is 44.3 Å². The second-order valence-electron chi connectivity index (χ2n) is 5.79. The van der Waals surface area contributed by atoms with E-state index < -0.39 is 12.1 Å². The van der Waals surface area contributed by atoms with Crippen LogP contribution >= 0.6 is 22.9 Å². The average Bonchev–Trinajstić information content (AvgIpc) is 3.09. The fourth-order valence-electron chi connectivity index (χ4n) is 2.52. The van der Waals surface area contributed by atoms with Crippen molar-refractivity contribution in [2.45, 2.75) is 13.0 Å². The van der Waals surface area contributed by atoms with Gasteiger partial charge in [0.2, 0.25) is 0 Å². The number of halogens is 1. The number of hydrogen-bond donors (Lipinski definition) is 1. The van der Waals surface area contributed by atoms with Gasteiger partial charge in [-0.15, -0.1) is 11.3 Å². The molecule has 1 N–H and O–H groups in total. The molecule has 1 aliphatic rings. The molecule has 26 heavy (non-hydrogen) atoms. The molecule has 8 heteroatoms. The van der Waals surface area contributed by atoms with Gasteiger partial charge in [-0.3, -0.25) is 4.79 Å². The first kappa shape index (κ1) is 18.7. The Morgan fingerprint density at radius 2 is 1.88 bits per heavy atom. The molecule has 2 heterocycles. The lowest BCUT2D eigenvalue weighted by Gasteiger charge is -2.28. The smallest absolute Gasteiger partial charge is 0.349 e. The van der Waals surface area contributed by atoms with Gasteiger partial charge in [-0.1, -0.05) is 11.6 Å². The Morgan fingerprint density at radius 3 is 2.50 bits per heavy atom. The van der Waals surface area contributed by atoms with Crippen molar-refractivity contribution in [1.29, 1.82) is 0 Å². The first-order valence-corrected chi connectivity index (χ1v) is 9.42. The van der Waals surface area contributed by atoms with Gasteiger partial charge in [0.15, 0.2) is 6.10 Å². The van der Waals surface area contributed by atoms with E-state index in [4.69, 9.17) is 21.1 Å². The maximum absolute atomic E-state index is 12.2. The highest BCUT2D eigenvalue weighted by atomic mass is 35.5. The van der Waals surface area contributed by atoms with Gasteiger partial charge < -0.3 is 19.7 Å². The number of morpholine rings is 1. The van der Waals surface area contributed by atoms with E-state index in [-0.39, 0.29) is 5.91 Å². The first-order chi connectivity index (χ1) is 12.5. The number of esters is 1. The van der Waals surface area contributed by atoms with Gasteiger partial charge in [0.05, 0.1) is 17.6 Å². The first-order valence-electron chi connectivity index (χ1n) is 8.23. The number of nitrogens with zero attached hydrogens (tertiary/aromatic N) is 1. The van der Waals surface area contributed by atoms with Crippen LogP contribution in [0.15, 0.2) is 36.4 Å². The maximum atomic E-state index is 12.2. The van der Waals surface area contributed by atoms with Crippen molar-refractivity contribution in [3.05, 3.63) is 45.6 Å². The predicted molar refractivity (Wildman–Crippen MR) is 102 cm³/mol. The number of carbonyl (C=O) groups excluding carboxylic acids is 2. The molecular weight excluding hydrogens is 376 g/mol. The van der Waals surface area contributed by atoms with Crippen LogP contribution in [0.25, 0.3) is 0 Å². The zero-order valence-corrected chi connectivity index (χ0v) is 15.8. The van der Waals surface area contributed by atoms with E-state index in [0.29, 0.717) is 14.9 Å². The monoisotopic (exact) mass is 394 g/mol. The third-order valence-corrected chi connectivity index (χ3v) is 5.15. The summed E-state index contributed by atoms with van der Waals surface area (Å²) >= 11 is 6.92. The summed E-state index contributed by atoms with van der Waals surface area (Å²) in [5, 5.41) is 2.75. The molecular formula is C18H19ClN2O4S. The topological polar surface area (TPSA) is 67.9 Å². The molecule has 6 nitrogen and oxygen atoms in total. The number of ether oxygens (including phenoxy) is 2. The van der Waals surface area contributed by atoms with E-state index in [1.54, 1.807) is 12.1 Å². The van der Waals surface area contributed by atoms with E-state index >= 15 is 0 Å². The molecule has 1 atom stereocenters. The van der Waals surface area contributed by atoms with E-state index in [2.05, 4.69) is 10.2 Å². The molecule has 1 aliphatic heterocycles. The molecule has 0 bridgehead atoms. The molecule has 1 aromatic carbocycles. The SMILES string of the molecule is CC(OC(=O)c1ccc(Cl)s1)C(=O)Nc1ccc(N2CCOCC2)cc1. The largest absolute Gasteiger partial charge is 0.448 e. The van der Waals surface area contributed by atoms with Crippen molar-refractivity contribution in [2.24, 2.45) is 0 Å². The lowest BCUT2D eigenvalue weighted by molar-refractivity contribution is -0.123. The summed E-state index contributed by atoms with van der Waals surface area (Å²) in [6, 6.07) is 10.7. The minimum absolute atomic E-state index is 0.365. The highest BCUT2D eigenvalue weighted by molar-refractivity contribution is 7.17. The van der Waals surface area contributed by atoms with Gasteiger partial charge in [0.1, 0.15) is 4.88 Å². The van der Waals surface area contributed by atoms with Gasteiger partial charge in [0, 0.05) is 24.5 Å². The van der Waals surface area contributed by atoms with Crippen molar-refractivity contribution < 1.29 is 19.1 Å². The summed E-state index contributed by atoms with van der Waals surface area (Å²) in [5.74, 6) is -0.952. The number of thiophene rings is 1. The maximum Gasteiger partial charge on any atom is 0.349 e. The van der Waals surface area contributed by atoms with Crippen molar-refractivity contribution >= 4 is 46.2 Å². The van der Waals surface area contributed by atoms with Gasteiger partial charge >= 0.3 is 5.97 Å². The lowest BCUT2D eigenvalue weighted by atomic mass is 10.2. The standard InChI is InChI=1S/C18H19ClN2O4S/c1-12(25-18(23)15-6-7-16(19)26-15)17(22)20-13-2-4-14(5-3-13)21-8-10-24-11-9-21/h2-7,12H,8-11H2,1H3,(H,20,22). The van der Waals surface area contributed by atoms with Crippen LogP contribution in [0.5, 0.6) is 0 Å². The van der Waals surface area contributed by atoms with Gasteiger partial charge in [0.25, 0.3) is 5.91 Å². The summed E-state index contributed by atoms with van der Waals surface area (Å²) in [4.78, 5) is 26.8. The minimum Gasteiger partial charge on any atom is -0.448 e. The molecule has 1 saturated heterocycles. The van der Waals surface area contributed by atoms with Crippen molar-refractivity contribution in [2.75, 3.05) is 36.5 Å². The molecule has 138 valence electrons. The number of rotatable bonds is 5. The highest BCUT2D eigenvalue weighted by Gasteiger charge is 2.20. The predicted octanol–water partition coefficient (Wildman–Crippen LogP) is 3.42. The lowest BCUT2D eigenvalue weighted by Crippen LogP contribution is -2.36. The van der Waals surface area contributed by atoms with Crippen LogP contribution in [0.2, 0.25) is 4.34 Å². The van der Waals surface area contributed by atoms with Crippen molar-refractivity contribution in [3.8, 4) is 0 Å². The van der Waals surface area contributed by atoms with Crippen LogP contribution in [-0.2, 0) is 14.3 Å². The number of hydrogen-bond acceptors (Lipinski definition) is 6. The molecule has 0 radical (unpaired) electrons. The Balaban J connectivity index is 1.54. The molecule has 3 rings (SSSR count). The number of anilines is 2. The molecule has 1 aromatic heterocycles. The van der Waals surface area contributed by atoms with Gasteiger partial charge in [-0.25, -0.2) is 4.79 Å². The van der Waals surface area contributed by atoms with Crippen LogP contribution in [0.1, 0.15) is 16.6 Å². The fraction of sp³-hybridized carbons (Fsp3) is 0.333. The average molecular weight is 395 g/mol. The van der Waals surface area contributed by atoms with E-state index in [9.17, 15) is 9.59 Å². The summed E-state index contributed by atoms with van der Waals surface area (Å²) < 4.78 is 11.0. The minimum atomic E-state index is -0.915. The highest BCUT2D eigenvalue weighted by Crippen LogP contribution is 2.23. The molecule has 0 aliphatic carbocycles. The Labute approximate surface area is 160 Å². The molecule has 1 amide bonds. The summed E-state index contributed by atoms with van der Waals surface area (Å²) in [7, 11) is 0. The fourth-order valence-corrected chi connectivity index (χ4v) is 3.44. The van der Waals surface area contributed by atoms with E-state index in [1.165, 1.54) is 6.92 Å². The number of benzene rings is 1. The van der Waals surface area contributed by atoms with E-state index in [1.807, 2.05) is 24.3 Å². The third kappa shape index (κ3) is 4.75. The molecule has 0 saturated carbocycles. The van der Waals surface area contributed by atoms with Crippen molar-refractivity contribution in [1.82, 2.24) is 0 Å². The van der Waals surface area contributed by atoms with Crippen LogP contribution < -0.4 is 10.2 Å². The quantitative estimate of drug-likeness (QED) is 0.787. The number of carbonyl (C=O) groups is 2. The normalized spacial score (nSPS) is 15.4. The Morgan fingerprint density at radius 1 is 1.19 bits per heavy atom. The number of nitrogens with one attached hydrogen (secondary N) is 1. The van der Waals surface area contributed by atoms with Crippen LogP contribution in [0.4, 0.5) is 11.4 Å². The van der Waals surface area contributed by atoms with Gasteiger partial charge in [-0.05, 0) is 43.3 Å². The Hall–Kier alpha value is -2.09. The molecule has 1 unspecified atom stereocenters. The summed E-state index contributed by atoms with van der Waals surface area (Å²) in [6.07, 6.45) is -0.915. The summed E-state index contributed by atoms with van der Waals surface area (Å²) in [5.41, 5.74) is 1.73. The second kappa shape index (κ2) is 8.53. The Bertz CT molecular complexity index is 772. The Kier molecular flexibility index (Phi) is 6.13. The molecule has 2 aromatic rings. The summed E-state index contributed by atoms with van der Waals surface area (Å²) in [6.45, 7) is 4.68. The van der Waals surface area contributed by atoms with Gasteiger partial charge in [-0.2, -0.15) is 0 Å². The zero-order chi connectivity index (χ0) is 18.5. The third-order valence-electron chi connectivity index (χ3n) is 3.94. The van der Waals surface area contributed by atoms with Crippen LogP contribution in [0.3, 0.4) is 0 Å². The molecule has 0 spiro atoms. The van der Waals surface area contributed by atoms with Crippen LogP contribution in [0, 0.1) is 0 Å². The van der Waals surface area contributed by atoms with Crippen molar-refractivity contribution in [3.63, 3.8) is 0 Å².